The molecule has 5 N–H and O–H groups in total. The van der Waals surface area contributed by atoms with Gasteiger partial charge in [0.1, 0.15) is 0 Å². The maximum atomic E-state index is 12.0. The van der Waals surface area contributed by atoms with Crippen LogP contribution in [0.5, 0.6) is 0 Å². The summed E-state index contributed by atoms with van der Waals surface area (Å²) in [6, 6.07) is 7.30. The Morgan fingerprint density at radius 1 is 1.13 bits per heavy atom. The number of nitrogens with one attached hydrogen (secondary N) is 3. The van der Waals surface area contributed by atoms with Gasteiger partial charge in [0.2, 0.25) is 11.8 Å². The lowest BCUT2D eigenvalue weighted by Crippen LogP contribution is -2.44. The number of aromatic amines is 1. The van der Waals surface area contributed by atoms with Crippen molar-refractivity contribution >= 4 is 22.7 Å². The molecule has 2 amide bonds. The molecule has 0 aliphatic rings. The number of nitrogens with two attached hydrogens (primary N) is 1. The number of carbonyl (C=O) groups is 2. The molecule has 0 aliphatic heterocycles. The molecular formula is C17H24N4O2. The summed E-state index contributed by atoms with van der Waals surface area (Å²) in [6.45, 7) is 4.43. The third-order valence-electron chi connectivity index (χ3n) is 3.70. The average molecular weight is 316 g/mol. The number of fused-ring (bicyclic) bond motifs is 1. The maximum absolute atomic E-state index is 12.0. The van der Waals surface area contributed by atoms with Gasteiger partial charge in [-0.1, -0.05) is 32.0 Å². The first-order valence-electron chi connectivity index (χ1n) is 7.85. The Bertz CT molecular complexity index is 678. The van der Waals surface area contributed by atoms with Gasteiger partial charge in [-0.2, -0.15) is 0 Å². The molecule has 23 heavy (non-hydrogen) atoms. The van der Waals surface area contributed by atoms with Crippen LogP contribution in [0.25, 0.3) is 10.9 Å². The predicted octanol–water partition coefficient (Wildman–Crippen LogP) is 0.926. The zero-order chi connectivity index (χ0) is 16.8. The Kier molecular flexibility index (Phi) is 5.76. The molecule has 0 saturated carbocycles. The van der Waals surface area contributed by atoms with Gasteiger partial charge in [0, 0.05) is 36.1 Å². The minimum absolute atomic E-state index is 0.0256. The fourth-order valence-corrected chi connectivity index (χ4v) is 2.34. The van der Waals surface area contributed by atoms with E-state index in [9.17, 15) is 9.59 Å². The topological polar surface area (TPSA) is 100 Å². The van der Waals surface area contributed by atoms with E-state index < -0.39 is 6.04 Å². The van der Waals surface area contributed by atoms with Crippen molar-refractivity contribution in [2.45, 2.75) is 26.3 Å². The first kappa shape index (κ1) is 17.0. The van der Waals surface area contributed by atoms with E-state index in [0.29, 0.717) is 19.5 Å². The first-order valence-corrected chi connectivity index (χ1v) is 7.85. The van der Waals surface area contributed by atoms with E-state index in [0.717, 1.165) is 16.5 Å². The molecule has 0 unspecified atom stereocenters. The van der Waals surface area contributed by atoms with E-state index >= 15 is 0 Å². The van der Waals surface area contributed by atoms with Crippen LogP contribution in [-0.2, 0) is 16.0 Å². The predicted molar refractivity (Wildman–Crippen MR) is 90.8 cm³/mol. The number of amides is 2. The monoisotopic (exact) mass is 316 g/mol. The smallest absolute Gasteiger partial charge is 0.237 e. The number of carbonyl (C=O) groups excluding carboxylic acids is 2. The van der Waals surface area contributed by atoms with Gasteiger partial charge in [0.15, 0.2) is 0 Å². The van der Waals surface area contributed by atoms with E-state index in [-0.39, 0.29) is 17.7 Å². The lowest BCUT2D eigenvalue weighted by Gasteiger charge is -2.13. The molecule has 0 saturated heterocycles. The second-order valence-electron chi connectivity index (χ2n) is 5.91. The van der Waals surface area contributed by atoms with Gasteiger partial charge in [-0.15, -0.1) is 0 Å². The van der Waals surface area contributed by atoms with Crippen molar-refractivity contribution in [1.82, 2.24) is 15.6 Å². The van der Waals surface area contributed by atoms with Crippen molar-refractivity contribution < 1.29 is 9.59 Å². The van der Waals surface area contributed by atoms with Crippen molar-refractivity contribution in [2.75, 3.05) is 13.1 Å². The summed E-state index contributed by atoms with van der Waals surface area (Å²) < 4.78 is 0. The molecule has 0 aliphatic carbocycles. The highest BCUT2D eigenvalue weighted by molar-refractivity contribution is 5.86. The van der Waals surface area contributed by atoms with Crippen LogP contribution < -0.4 is 16.4 Å². The largest absolute Gasteiger partial charge is 0.361 e. The Hall–Kier alpha value is -2.34. The quantitative estimate of drug-likeness (QED) is 0.572. The molecule has 6 heteroatoms. The van der Waals surface area contributed by atoms with Gasteiger partial charge in [-0.3, -0.25) is 9.59 Å². The van der Waals surface area contributed by atoms with Gasteiger partial charge in [-0.25, -0.2) is 0 Å². The lowest BCUT2D eigenvalue weighted by atomic mass is 10.1. The second kappa shape index (κ2) is 7.78. The van der Waals surface area contributed by atoms with Gasteiger partial charge in [0.25, 0.3) is 0 Å². The fourth-order valence-electron chi connectivity index (χ4n) is 2.34. The molecule has 124 valence electrons. The molecule has 1 aromatic carbocycles. The number of rotatable bonds is 7. The van der Waals surface area contributed by atoms with Gasteiger partial charge < -0.3 is 21.4 Å². The van der Waals surface area contributed by atoms with E-state index in [1.807, 2.05) is 44.3 Å². The summed E-state index contributed by atoms with van der Waals surface area (Å²) in [4.78, 5) is 26.6. The molecule has 1 heterocycles. The van der Waals surface area contributed by atoms with Crippen LogP contribution in [0.3, 0.4) is 0 Å². The van der Waals surface area contributed by atoms with Gasteiger partial charge in [0.05, 0.1) is 6.04 Å². The van der Waals surface area contributed by atoms with Crippen molar-refractivity contribution in [3.8, 4) is 0 Å². The minimum Gasteiger partial charge on any atom is -0.361 e. The van der Waals surface area contributed by atoms with Crippen LogP contribution >= 0.6 is 0 Å². The van der Waals surface area contributed by atoms with E-state index in [1.54, 1.807) is 0 Å². The SMILES string of the molecule is CC(C)C(=O)NCCNC(=O)[C@@H](N)Cc1c[nH]c2ccccc12. The molecule has 2 aromatic rings. The summed E-state index contributed by atoms with van der Waals surface area (Å²) in [5, 5.41) is 6.58. The molecule has 0 radical (unpaired) electrons. The number of aromatic nitrogens is 1. The Morgan fingerprint density at radius 3 is 2.48 bits per heavy atom. The molecule has 1 aromatic heterocycles. The van der Waals surface area contributed by atoms with Crippen LogP contribution in [0.4, 0.5) is 0 Å². The van der Waals surface area contributed by atoms with Crippen molar-refractivity contribution in [2.24, 2.45) is 11.7 Å². The van der Waals surface area contributed by atoms with Crippen LogP contribution in [0.1, 0.15) is 19.4 Å². The Balaban J connectivity index is 1.80. The standard InChI is InChI=1S/C17H24N4O2/c1-11(2)16(22)19-7-8-20-17(23)14(18)9-12-10-21-15-6-4-3-5-13(12)15/h3-6,10-11,14,21H,7-9,18H2,1-2H3,(H,19,22)(H,20,23)/t14-/m0/s1. The van der Waals surface area contributed by atoms with Crippen LogP contribution in [0.2, 0.25) is 0 Å². The van der Waals surface area contributed by atoms with Crippen LogP contribution in [-0.4, -0.2) is 35.9 Å². The average Bonchev–Trinajstić information content (AvgIpc) is 2.94. The normalized spacial score (nSPS) is 12.3. The molecule has 0 spiro atoms. The highest BCUT2D eigenvalue weighted by Gasteiger charge is 2.16. The summed E-state index contributed by atoms with van der Waals surface area (Å²) >= 11 is 0. The fraction of sp³-hybridized carbons (Fsp3) is 0.412. The molecule has 2 rings (SSSR count). The molecule has 0 bridgehead atoms. The van der Waals surface area contributed by atoms with Crippen LogP contribution in [0, 0.1) is 5.92 Å². The molecular weight excluding hydrogens is 292 g/mol. The highest BCUT2D eigenvalue weighted by atomic mass is 16.2. The van der Waals surface area contributed by atoms with E-state index in [4.69, 9.17) is 5.73 Å². The van der Waals surface area contributed by atoms with E-state index in [1.165, 1.54) is 0 Å². The Morgan fingerprint density at radius 2 is 1.78 bits per heavy atom. The summed E-state index contributed by atoms with van der Waals surface area (Å²) in [7, 11) is 0. The first-order chi connectivity index (χ1) is 11.0. The van der Waals surface area contributed by atoms with Gasteiger partial charge >= 0.3 is 0 Å². The van der Waals surface area contributed by atoms with Gasteiger partial charge in [-0.05, 0) is 18.1 Å². The number of benzene rings is 1. The third-order valence-corrected chi connectivity index (χ3v) is 3.70. The number of para-hydroxylation sites is 1. The van der Waals surface area contributed by atoms with Crippen molar-refractivity contribution in [1.29, 1.82) is 0 Å². The lowest BCUT2D eigenvalue weighted by molar-refractivity contribution is -0.125. The minimum atomic E-state index is -0.616. The highest BCUT2D eigenvalue weighted by Crippen LogP contribution is 2.18. The second-order valence-corrected chi connectivity index (χ2v) is 5.91. The number of H-pyrrole nitrogens is 1. The van der Waals surface area contributed by atoms with Crippen molar-refractivity contribution in [3.63, 3.8) is 0 Å². The maximum Gasteiger partial charge on any atom is 0.237 e. The number of hydrogen-bond donors (Lipinski definition) is 4. The molecule has 6 nitrogen and oxygen atoms in total. The van der Waals surface area contributed by atoms with E-state index in [2.05, 4.69) is 15.6 Å². The van der Waals surface area contributed by atoms with Crippen LogP contribution in [0.15, 0.2) is 30.5 Å². The Labute approximate surface area is 135 Å². The molecule has 1 atom stereocenters. The third kappa shape index (κ3) is 4.56. The van der Waals surface area contributed by atoms with Crippen molar-refractivity contribution in [3.05, 3.63) is 36.0 Å². The summed E-state index contributed by atoms with van der Waals surface area (Å²) in [6.07, 6.45) is 2.36. The zero-order valence-corrected chi connectivity index (χ0v) is 13.6. The molecule has 0 fully saturated rings. The number of hydrogen-bond acceptors (Lipinski definition) is 3. The summed E-state index contributed by atoms with van der Waals surface area (Å²) in [5.41, 5.74) is 8.03. The summed E-state index contributed by atoms with van der Waals surface area (Å²) in [5.74, 6) is -0.300. The zero-order valence-electron chi connectivity index (χ0n) is 13.6.